The molecule has 1 N–H and O–H groups in total. The van der Waals surface area contributed by atoms with Gasteiger partial charge in [0.1, 0.15) is 0 Å². The van der Waals surface area contributed by atoms with Crippen molar-refractivity contribution < 1.29 is 9.84 Å². The predicted octanol–water partition coefficient (Wildman–Crippen LogP) is 1.12. The highest BCUT2D eigenvalue weighted by Gasteiger charge is 2.37. The number of β-amino-alcohol motifs (C(OH)–C–C–N with tert-alkyl or cyclic N) is 1. The largest absolute Gasteiger partial charge is 0.388 e. The summed E-state index contributed by atoms with van der Waals surface area (Å²) in [6.45, 7) is 9.19. The molecule has 2 fully saturated rings. The highest BCUT2D eigenvalue weighted by Crippen LogP contribution is 2.28. The van der Waals surface area contributed by atoms with Crippen molar-refractivity contribution in [1.29, 1.82) is 0 Å². The van der Waals surface area contributed by atoms with Gasteiger partial charge in [-0.2, -0.15) is 0 Å². The molecule has 0 aromatic heterocycles. The van der Waals surface area contributed by atoms with E-state index in [1.54, 1.807) is 0 Å². The first-order valence-corrected chi connectivity index (χ1v) is 6.11. The van der Waals surface area contributed by atoms with Crippen molar-refractivity contribution in [3.63, 3.8) is 0 Å². The minimum atomic E-state index is -0.472. The van der Waals surface area contributed by atoms with Crippen LogP contribution in [0.15, 0.2) is 0 Å². The van der Waals surface area contributed by atoms with E-state index in [1.165, 1.54) is 13.1 Å². The second kappa shape index (κ2) is 4.40. The topological polar surface area (TPSA) is 32.7 Å². The fraction of sp³-hybridized carbons (Fsp3) is 1.00. The van der Waals surface area contributed by atoms with E-state index in [4.69, 9.17) is 4.74 Å². The molecule has 0 unspecified atom stereocenters. The Morgan fingerprint density at radius 2 is 1.93 bits per heavy atom. The molecule has 0 saturated carbocycles. The van der Waals surface area contributed by atoms with Crippen molar-refractivity contribution in [2.24, 2.45) is 11.8 Å². The summed E-state index contributed by atoms with van der Waals surface area (Å²) >= 11 is 0. The smallest absolute Gasteiger partial charge is 0.0817 e. The molecule has 0 radical (unpaired) electrons. The van der Waals surface area contributed by atoms with Crippen LogP contribution in [0.2, 0.25) is 0 Å². The highest BCUT2D eigenvalue weighted by molar-refractivity contribution is 4.90. The van der Waals surface area contributed by atoms with E-state index in [-0.39, 0.29) is 0 Å². The standard InChI is InChI=1S/C12H23NO2/c1-10(2)11-7-13(8-11)9-12(14)3-5-15-6-4-12/h10-11,14H,3-9H2,1-2H3. The zero-order chi connectivity index (χ0) is 10.9. The third-order valence-electron chi connectivity index (χ3n) is 3.87. The Morgan fingerprint density at radius 1 is 1.33 bits per heavy atom. The Labute approximate surface area is 92.4 Å². The van der Waals surface area contributed by atoms with Crippen LogP contribution in [0.3, 0.4) is 0 Å². The lowest BCUT2D eigenvalue weighted by atomic mass is 9.85. The van der Waals surface area contributed by atoms with E-state index < -0.39 is 5.60 Å². The van der Waals surface area contributed by atoms with Crippen molar-refractivity contribution in [2.75, 3.05) is 32.8 Å². The first-order chi connectivity index (χ1) is 7.09. The van der Waals surface area contributed by atoms with Crippen LogP contribution >= 0.6 is 0 Å². The predicted molar refractivity (Wildman–Crippen MR) is 59.8 cm³/mol. The molecule has 2 aliphatic rings. The van der Waals surface area contributed by atoms with Crippen molar-refractivity contribution in [2.45, 2.75) is 32.3 Å². The minimum Gasteiger partial charge on any atom is -0.388 e. The summed E-state index contributed by atoms with van der Waals surface area (Å²) in [5, 5.41) is 10.3. The highest BCUT2D eigenvalue weighted by atomic mass is 16.5. The summed E-state index contributed by atoms with van der Waals surface area (Å²) in [5.41, 5.74) is -0.472. The Morgan fingerprint density at radius 3 is 2.47 bits per heavy atom. The Hall–Kier alpha value is -0.120. The first-order valence-electron chi connectivity index (χ1n) is 6.11. The summed E-state index contributed by atoms with van der Waals surface area (Å²) in [6, 6.07) is 0. The van der Waals surface area contributed by atoms with Gasteiger partial charge in [0.05, 0.1) is 5.60 Å². The fourth-order valence-corrected chi connectivity index (χ4v) is 2.49. The molecule has 15 heavy (non-hydrogen) atoms. The second-order valence-electron chi connectivity index (χ2n) is 5.53. The Bertz CT molecular complexity index is 206. The lowest BCUT2D eigenvalue weighted by Crippen LogP contribution is -2.56. The monoisotopic (exact) mass is 213 g/mol. The normalized spacial score (nSPS) is 28.0. The van der Waals surface area contributed by atoms with E-state index in [0.29, 0.717) is 0 Å². The average Bonchev–Trinajstić information content (AvgIpc) is 2.11. The number of hydrogen-bond acceptors (Lipinski definition) is 3. The fourth-order valence-electron chi connectivity index (χ4n) is 2.49. The number of aliphatic hydroxyl groups is 1. The minimum absolute atomic E-state index is 0.472. The number of likely N-dealkylation sites (tertiary alicyclic amines) is 1. The van der Waals surface area contributed by atoms with E-state index in [0.717, 1.165) is 44.4 Å². The first kappa shape index (κ1) is 11.4. The van der Waals surface area contributed by atoms with Gasteiger partial charge in [-0.15, -0.1) is 0 Å². The molecule has 3 nitrogen and oxygen atoms in total. The van der Waals surface area contributed by atoms with Crippen molar-refractivity contribution >= 4 is 0 Å². The zero-order valence-corrected chi connectivity index (χ0v) is 9.91. The van der Waals surface area contributed by atoms with E-state index in [1.807, 2.05) is 0 Å². The van der Waals surface area contributed by atoms with E-state index >= 15 is 0 Å². The molecule has 0 bridgehead atoms. The molecular formula is C12H23NO2. The molecule has 0 amide bonds. The third kappa shape index (κ3) is 2.71. The van der Waals surface area contributed by atoms with E-state index in [2.05, 4.69) is 18.7 Å². The number of hydrogen-bond donors (Lipinski definition) is 1. The SMILES string of the molecule is CC(C)C1CN(CC2(O)CCOCC2)C1. The van der Waals surface area contributed by atoms with Crippen LogP contribution in [0.4, 0.5) is 0 Å². The number of nitrogens with zero attached hydrogens (tertiary/aromatic N) is 1. The summed E-state index contributed by atoms with van der Waals surface area (Å²) in [4.78, 5) is 2.38. The molecule has 2 saturated heterocycles. The van der Waals surface area contributed by atoms with Crippen LogP contribution in [-0.2, 0) is 4.74 Å². The van der Waals surface area contributed by atoms with Crippen LogP contribution in [0.5, 0.6) is 0 Å². The van der Waals surface area contributed by atoms with E-state index in [9.17, 15) is 5.11 Å². The molecule has 0 aliphatic carbocycles. The van der Waals surface area contributed by atoms with Crippen LogP contribution in [0.1, 0.15) is 26.7 Å². The molecule has 2 heterocycles. The summed E-state index contributed by atoms with van der Waals surface area (Å²) < 4.78 is 5.28. The lowest BCUT2D eigenvalue weighted by Gasteiger charge is -2.46. The van der Waals surface area contributed by atoms with Crippen molar-refractivity contribution in [3.05, 3.63) is 0 Å². The van der Waals surface area contributed by atoms with Gasteiger partial charge in [-0.25, -0.2) is 0 Å². The molecule has 3 heteroatoms. The molecule has 0 spiro atoms. The van der Waals surface area contributed by atoms with Crippen molar-refractivity contribution in [1.82, 2.24) is 4.90 Å². The van der Waals surface area contributed by atoms with Gasteiger partial charge in [0.15, 0.2) is 0 Å². The maximum absolute atomic E-state index is 10.3. The molecule has 2 aliphatic heterocycles. The maximum Gasteiger partial charge on any atom is 0.0817 e. The van der Waals surface area contributed by atoms with Gasteiger partial charge in [-0.3, -0.25) is 4.90 Å². The molecular weight excluding hydrogens is 190 g/mol. The molecule has 0 aromatic rings. The van der Waals surface area contributed by atoms with Gasteiger partial charge in [-0.05, 0) is 11.8 Å². The molecule has 0 atom stereocenters. The number of rotatable bonds is 3. The number of ether oxygens (including phenoxy) is 1. The lowest BCUT2D eigenvalue weighted by molar-refractivity contribution is -0.0975. The van der Waals surface area contributed by atoms with Crippen LogP contribution in [0, 0.1) is 11.8 Å². The van der Waals surface area contributed by atoms with Crippen LogP contribution < -0.4 is 0 Å². The van der Waals surface area contributed by atoms with Crippen LogP contribution in [-0.4, -0.2) is 48.5 Å². The maximum atomic E-state index is 10.3. The van der Waals surface area contributed by atoms with Gasteiger partial charge in [0.25, 0.3) is 0 Å². The Kier molecular flexibility index (Phi) is 3.33. The second-order valence-corrected chi connectivity index (χ2v) is 5.53. The third-order valence-corrected chi connectivity index (χ3v) is 3.87. The molecule has 88 valence electrons. The summed E-state index contributed by atoms with van der Waals surface area (Å²) in [6.07, 6.45) is 1.60. The van der Waals surface area contributed by atoms with Crippen molar-refractivity contribution in [3.8, 4) is 0 Å². The Balaban J connectivity index is 1.74. The quantitative estimate of drug-likeness (QED) is 0.762. The van der Waals surface area contributed by atoms with Gasteiger partial charge < -0.3 is 9.84 Å². The molecule has 0 aromatic carbocycles. The summed E-state index contributed by atoms with van der Waals surface area (Å²) in [7, 11) is 0. The van der Waals surface area contributed by atoms with Gasteiger partial charge in [0, 0.05) is 45.7 Å². The molecule has 2 rings (SSSR count). The average molecular weight is 213 g/mol. The zero-order valence-electron chi connectivity index (χ0n) is 9.91. The summed E-state index contributed by atoms with van der Waals surface area (Å²) in [5.74, 6) is 1.62. The van der Waals surface area contributed by atoms with Gasteiger partial charge >= 0.3 is 0 Å². The van der Waals surface area contributed by atoms with Gasteiger partial charge in [0.2, 0.25) is 0 Å². The van der Waals surface area contributed by atoms with Crippen LogP contribution in [0.25, 0.3) is 0 Å². The van der Waals surface area contributed by atoms with Gasteiger partial charge in [-0.1, -0.05) is 13.8 Å².